The van der Waals surface area contributed by atoms with E-state index in [9.17, 15) is 13.6 Å². The molecule has 0 saturated carbocycles. The van der Waals surface area contributed by atoms with E-state index < -0.39 is 17.4 Å². The Morgan fingerprint density at radius 2 is 1.86 bits per heavy atom. The summed E-state index contributed by atoms with van der Waals surface area (Å²) in [6.07, 6.45) is 1.29. The van der Waals surface area contributed by atoms with E-state index in [0.717, 1.165) is 6.07 Å². The fourth-order valence-electron chi connectivity index (χ4n) is 1.71. The van der Waals surface area contributed by atoms with Gasteiger partial charge in [-0.3, -0.25) is 4.79 Å². The Morgan fingerprint density at radius 1 is 1.14 bits per heavy atom. The van der Waals surface area contributed by atoms with E-state index in [1.165, 1.54) is 42.5 Å². The highest BCUT2D eigenvalue weighted by atomic mass is 79.9. The van der Waals surface area contributed by atoms with E-state index in [1.807, 2.05) is 0 Å². The number of allylic oxidation sites excluding steroid dienone is 1. The molecule has 0 atom stereocenters. The summed E-state index contributed by atoms with van der Waals surface area (Å²) in [6.45, 7) is 0. The van der Waals surface area contributed by atoms with Crippen molar-refractivity contribution in [3.63, 3.8) is 0 Å². The zero-order valence-electron chi connectivity index (χ0n) is 10.6. The molecule has 0 heterocycles. The van der Waals surface area contributed by atoms with Gasteiger partial charge in [-0.1, -0.05) is 18.2 Å². The van der Waals surface area contributed by atoms with E-state index in [0.29, 0.717) is 5.56 Å². The number of hydrogen-bond acceptors (Lipinski definition) is 2. The van der Waals surface area contributed by atoms with Crippen molar-refractivity contribution in [2.75, 3.05) is 0 Å². The number of Topliss-reactive ketones (excluding diaryl/α,β-unsaturated/α-hetero) is 1. The van der Waals surface area contributed by atoms with Gasteiger partial charge in [0.25, 0.3) is 0 Å². The fourth-order valence-corrected chi connectivity index (χ4v) is 2.10. The number of carbonyl (C=O) groups excluding carboxylic acids is 1. The van der Waals surface area contributed by atoms with Gasteiger partial charge in [0.05, 0.1) is 10.0 Å². The lowest BCUT2D eigenvalue weighted by Gasteiger charge is -2.02. The van der Waals surface area contributed by atoms with Crippen LogP contribution in [0, 0.1) is 23.0 Å². The van der Waals surface area contributed by atoms with Crippen molar-refractivity contribution < 1.29 is 13.6 Å². The van der Waals surface area contributed by atoms with Crippen LogP contribution in [0.3, 0.4) is 0 Å². The summed E-state index contributed by atoms with van der Waals surface area (Å²) in [5.74, 6) is -1.86. The first kappa shape index (κ1) is 15.1. The average Bonchev–Trinajstić information content (AvgIpc) is 2.48. The van der Waals surface area contributed by atoms with Crippen LogP contribution < -0.4 is 0 Å². The molecule has 0 aliphatic carbocycles. The van der Waals surface area contributed by atoms with Gasteiger partial charge in [-0.05, 0) is 51.8 Å². The Hall–Kier alpha value is -2.32. The van der Waals surface area contributed by atoms with Crippen molar-refractivity contribution in [1.82, 2.24) is 0 Å². The van der Waals surface area contributed by atoms with Crippen LogP contribution in [0.25, 0.3) is 6.08 Å². The van der Waals surface area contributed by atoms with Crippen LogP contribution in [0.4, 0.5) is 8.78 Å². The average molecular weight is 348 g/mol. The van der Waals surface area contributed by atoms with Crippen LogP contribution in [-0.4, -0.2) is 5.78 Å². The summed E-state index contributed by atoms with van der Waals surface area (Å²) in [7, 11) is 0. The highest BCUT2D eigenvalue weighted by molar-refractivity contribution is 9.10. The van der Waals surface area contributed by atoms with E-state index in [2.05, 4.69) is 15.9 Å². The molecule has 0 amide bonds. The molecule has 0 fully saturated rings. The van der Waals surface area contributed by atoms with Crippen molar-refractivity contribution >= 4 is 27.8 Å². The molecule has 0 aliphatic rings. The molecular formula is C16H8BrF2NO. The molecule has 104 valence electrons. The molecule has 0 saturated heterocycles. The number of halogens is 3. The summed E-state index contributed by atoms with van der Waals surface area (Å²) in [5.41, 5.74) is 0.0644. The third-order valence-electron chi connectivity index (χ3n) is 2.74. The number of nitriles is 1. The van der Waals surface area contributed by atoms with Gasteiger partial charge in [0.1, 0.15) is 23.3 Å². The number of ketones is 1. The second-order valence-corrected chi connectivity index (χ2v) is 5.01. The molecule has 5 heteroatoms. The molecule has 0 aliphatic heterocycles. The third-order valence-corrected chi connectivity index (χ3v) is 3.35. The summed E-state index contributed by atoms with van der Waals surface area (Å²) in [4.78, 5) is 12.1. The highest BCUT2D eigenvalue weighted by Gasteiger charge is 2.16. The standard InChI is InChI=1S/C16H8BrF2NO/c17-13-8-10(5-6-15(13)19)7-11(9-20)16(21)12-3-1-2-4-14(12)18/h1-8H/b11-7+. The smallest absolute Gasteiger partial charge is 0.206 e. The van der Waals surface area contributed by atoms with E-state index in [-0.39, 0.29) is 15.6 Å². The zero-order chi connectivity index (χ0) is 15.4. The van der Waals surface area contributed by atoms with Gasteiger partial charge in [-0.15, -0.1) is 0 Å². The van der Waals surface area contributed by atoms with Gasteiger partial charge >= 0.3 is 0 Å². The highest BCUT2D eigenvalue weighted by Crippen LogP contribution is 2.20. The molecule has 0 aromatic heterocycles. The maximum Gasteiger partial charge on any atom is 0.206 e. The van der Waals surface area contributed by atoms with Gasteiger partial charge in [-0.2, -0.15) is 5.26 Å². The Balaban J connectivity index is 2.42. The molecule has 2 rings (SSSR count). The van der Waals surface area contributed by atoms with Crippen LogP contribution in [0.5, 0.6) is 0 Å². The van der Waals surface area contributed by atoms with Crippen LogP contribution in [0.15, 0.2) is 52.5 Å². The molecule has 2 nitrogen and oxygen atoms in total. The lowest BCUT2D eigenvalue weighted by Crippen LogP contribution is -2.04. The van der Waals surface area contributed by atoms with Gasteiger partial charge in [-0.25, -0.2) is 8.78 Å². The summed E-state index contributed by atoms with van der Waals surface area (Å²) in [6, 6.07) is 11.2. The molecule has 2 aromatic rings. The van der Waals surface area contributed by atoms with Crippen molar-refractivity contribution in [2.45, 2.75) is 0 Å². The summed E-state index contributed by atoms with van der Waals surface area (Å²) < 4.78 is 26.9. The maximum atomic E-state index is 13.6. The molecule has 21 heavy (non-hydrogen) atoms. The van der Waals surface area contributed by atoms with Crippen LogP contribution in [0.2, 0.25) is 0 Å². The molecule has 0 N–H and O–H groups in total. The molecule has 2 aromatic carbocycles. The van der Waals surface area contributed by atoms with Gasteiger partial charge in [0, 0.05) is 0 Å². The predicted octanol–water partition coefficient (Wildman–Crippen LogP) is 4.52. The largest absolute Gasteiger partial charge is 0.288 e. The zero-order valence-corrected chi connectivity index (χ0v) is 12.2. The first-order chi connectivity index (χ1) is 10.0. The molecule has 0 spiro atoms. The Bertz CT molecular complexity index is 778. The SMILES string of the molecule is N#C/C(=C\c1ccc(F)c(Br)c1)C(=O)c1ccccc1F. The molecule has 0 unspecified atom stereocenters. The monoisotopic (exact) mass is 347 g/mol. The third kappa shape index (κ3) is 3.41. The first-order valence-electron chi connectivity index (χ1n) is 5.89. The van der Waals surface area contributed by atoms with Crippen LogP contribution >= 0.6 is 15.9 Å². The predicted molar refractivity (Wildman–Crippen MR) is 78.4 cm³/mol. The number of rotatable bonds is 3. The Labute approximate surface area is 128 Å². The Morgan fingerprint density at radius 3 is 2.48 bits per heavy atom. The lowest BCUT2D eigenvalue weighted by atomic mass is 10.0. The van der Waals surface area contributed by atoms with Crippen molar-refractivity contribution in [3.05, 3.63) is 75.3 Å². The van der Waals surface area contributed by atoms with Crippen molar-refractivity contribution in [3.8, 4) is 6.07 Å². The Kier molecular flexibility index (Phi) is 4.61. The first-order valence-corrected chi connectivity index (χ1v) is 6.68. The molecule has 0 radical (unpaired) electrons. The second-order valence-electron chi connectivity index (χ2n) is 4.15. The van der Waals surface area contributed by atoms with Gasteiger partial charge < -0.3 is 0 Å². The van der Waals surface area contributed by atoms with Crippen LogP contribution in [-0.2, 0) is 0 Å². The minimum atomic E-state index is -0.712. The van der Waals surface area contributed by atoms with Crippen molar-refractivity contribution in [1.29, 1.82) is 5.26 Å². The van der Waals surface area contributed by atoms with E-state index in [4.69, 9.17) is 5.26 Å². The van der Waals surface area contributed by atoms with Crippen LogP contribution in [0.1, 0.15) is 15.9 Å². The normalized spacial score (nSPS) is 11.0. The van der Waals surface area contributed by atoms with Gasteiger partial charge in [0.15, 0.2) is 0 Å². The van der Waals surface area contributed by atoms with Crippen molar-refractivity contribution in [2.24, 2.45) is 0 Å². The summed E-state index contributed by atoms with van der Waals surface area (Å²) >= 11 is 3.02. The summed E-state index contributed by atoms with van der Waals surface area (Å²) in [5, 5.41) is 9.09. The molecular weight excluding hydrogens is 340 g/mol. The minimum Gasteiger partial charge on any atom is -0.288 e. The number of carbonyl (C=O) groups is 1. The molecule has 0 bridgehead atoms. The quantitative estimate of drug-likeness (QED) is 0.465. The maximum absolute atomic E-state index is 13.6. The number of hydrogen-bond donors (Lipinski definition) is 0. The van der Waals surface area contributed by atoms with Gasteiger partial charge in [0.2, 0.25) is 5.78 Å². The second kappa shape index (κ2) is 6.42. The minimum absolute atomic E-state index is 0.175. The lowest BCUT2D eigenvalue weighted by molar-refractivity contribution is 0.103. The topological polar surface area (TPSA) is 40.9 Å². The van der Waals surface area contributed by atoms with E-state index in [1.54, 1.807) is 6.07 Å². The number of benzene rings is 2. The van der Waals surface area contributed by atoms with E-state index >= 15 is 0 Å². The number of nitrogens with zero attached hydrogens (tertiary/aromatic N) is 1. The fraction of sp³-hybridized carbons (Fsp3) is 0.